The minimum atomic E-state index is -3.70. The number of amidine groups is 1. The zero-order valence-corrected chi connectivity index (χ0v) is 16.0. The minimum absolute atomic E-state index is 0.0136. The third-order valence-electron chi connectivity index (χ3n) is 4.08. The van der Waals surface area contributed by atoms with E-state index in [-0.39, 0.29) is 23.2 Å². The summed E-state index contributed by atoms with van der Waals surface area (Å²) < 4.78 is 28.1. The molecule has 0 aromatic heterocycles. The van der Waals surface area contributed by atoms with Crippen LogP contribution in [0.3, 0.4) is 0 Å². The molecule has 0 aliphatic carbocycles. The van der Waals surface area contributed by atoms with E-state index in [0.29, 0.717) is 17.1 Å². The van der Waals surface area contributed by atoms with Gasteiger partial charge in [-0.3, -0.25) is 4.79 Å². The fraction of sp³-hybridized carbons (Fsp3) is 0.222. The number of amides is 1. The highest BCUT2D eigenvalue weighted by atomic mass is 35.5. The summed E-state index contributed by atoms with van der Waals surface area (Å²) in [4.78, 5) is 15.8. The summed E-state index contributed by atoms with van der Waals surface area (Å²) >= 11 is 5.97. The Balaban J connectivity index is 1.72. The molecule has 2 aromatic rings. The second-order valence-corrected chi connectivity index (χ2v) is 8.13. The van der Waals surface area contributed by atoms with E-state index >= 15 is 0 Å². The Morgan fingerprint density at radius 1 is 1.12 bits per heavy atom. The highest BCUT2D eigenvalue weighted by Crippen LogP contribution is 2.26. The van der Waals surface area contributed by atoms with Crippen LogP contribution < -0.4 is 0 Å². The van der Waals surface area contributed by atoms with Gasteiger partial charge in [-0.05, 0) is 29.8 Å². The summed E-state index contributed by atoms with van der Waals surface area (Å²) in [7, 11) is -0.355. The number of carbonyl (C=O) groups excluding carboxylic acids is 1. The topological polar surface area (TPSA) is 70.1 Å². The number of hydrogen-bond acceptors (Lipinski definition) is 4. The number of likely N-dealkylation sites (N-methyl/N-ethyl adjacent to an activating group) is 2. The normalized spacial score (nSPS) is 14.5. The maximum Gasteiger partial charge on any atom is 0.285 e. The lowest BCUT2D eigenvalue weighted by Crippen LogP contribution is -2.39. The Hall–Kier alpha value is -2.38. The van der Waals surface area contributed by atoms with Gasteiger partial charge in [0, 0.05) is 31.2 Å². The van der Waals surface area contributed by atoms with Crippen molar-refractivity contribution in [2.24, 2.45) is 4.40 Å². The number of hydrogen-bond donors (Lipinski definition) is 0. The van der Waals surface area contributed by atoms with Gasteiger partial charge >= 0.3 is 0 Å². The molecule has 6 nitrogen and oxygen atoms in total. The number of fused-ring (bicyclic) bond motifs is 1. The molecule has 3 rings (SSSR count). The highest BCUT2D eigenvalue weighted by molar-refractivity contribution is 7.90. The number of benzene rings is 2. The van der Waals surface area contributed by atoms with Gasteiger partial charge in [0.15, 0.2) is 5.84 Å². The number of sulfonamides is 1. The number of nitrogens with zero attached hydrogens (tertiary/aromatic N) is 3. The van der Waals surface area contributed by atoms with Crippen molar-refractivity contribution < 1.29 is 13.2 Å². The summed E-state index contributed by atoms with van der Waals surface area (Å²) in [6.45, 7) is 0.425. The van der Waals surface area contributed by atoms with Crippen molar-refractivity contribution in [3.05, 3.63) is 64.7 Å². The predicted molar refractivity (Wildman–Crippen MR) is 101 cm³/mol. The van der Waals surface area contributed by atoms with Gasteiger partial charge in [-0.15, -0.1) is 4.40 Å². The van der Waals surface area contributed by atoms with Crippen LogP contribution in [0.25, 0.3) is 0 Å². The van der Waals surface area contributed by atoms with Gasteiger partial charge in [0.05, 0.1) is 6.54 Å². The van der Waals surface area contributed by atoms with Crippen LogP contribution in [0.2, 0.25) is 5.02 Å². The van der Waals surface area contributed by atoms with Crippen molar-refractivity contribution in [3.63, 3.8) is 0 Å². The van der Waals surface area contributed by atoms with E-state index in [4.69, 9.17) is 11.6 Å². The molecule has 1 aliphatic rings. The maximum absolute atomic E-state index is 12.5. The van der Waals surface area contributed by atoms with Crippen LogP contribution in [-0.4, -0.2) is 50.6 Å². The second-order valence-electron chi connectivity index (χ2n) is 6.12. The van der Waals surface area contributed by atoms with Crippen molar-refractivity contribution >= 4 is 33.4 Å². The van der Waals surface area contributed by atoms with Gasteiger partial charge in [0.2, 0.25) is 5.91 Å². The molecule has 1 aliphatic heterocycles. The third kappa shape index (κ3) is 3.73. The van der Waals surface area contributed by atoms with Gasteiger partial charge in [-0.1, -0.05) is 35.9 Å². The Bertz CT molecular complexity index is 989. The predicted octanol–water partition coefficient (Wildman–Crippen LogP) is 2.38. The first-order valence-electron chi connectivity index (χ1n) is 7.92. The Morgan fingerprint density at radius 3 is 2.58 bits per heavy atom. The van der Waals surface area contributed by atoms with E-state index in [2.05, 4.69) is 4.40 Å². The Labute approximate surface area is 157 Å². The molecule has 0 N–H and O–H groups in total. The van der Waals surface area contributed by atoms with Crippen molar-refractivity contribution in [3.8, 4) is 0 Å². The van der Waals surface area contributed by atoms with Crippen LogP contribution in [0.4, 0.5) is 0 Å². The van der Waals surface area contributed by atoms with Gasteiger partial charge in [-0.2, -0.15) is 8.42 Å². The van der Waals surface area contributed by atoms with Gasteiger partial charge in [0.1, 0.15) is 4.90 Å². The van der Waals surface area contributed by atoms with E-state index in [1.807, 2.05) is 12.1 Å². The minimum Gasteiger partial charge on any atom is -0.349 e. The van der Waals surface area contributed by atoms with Gasteiger partial charge < -0.3 is 9.80 Å². The summed E-state index contributed by atoms with van der Waals surface area (Å²) in [6, 6.07) is 13.9. The highest BCUT2D eigenvalue weighted by Gasteiger charge is 2.31. The molecular formula is C18H18ClN3O3S. The molecule has 8 heteroatoms. The lowest BCUT2D eigenvalue weighted by atomic mass is 10.2. The first-order chi connectivity index (χ1) is 12.3. The van der Waals surface area contributed by atoms with Crippen LogP contribution in [0, 0.1) is 0 Å². The van der Waals surface area contributed by atoms with Crippen LogP contribution in [0.15, 0.2) is 57.8 Å². The molecule has 0 fully saturated rings. The summed E-state index contributed by atoms with van der Waals surface area (Å²) in [6.07, 6.45) is 0. The van der Waals surface area contributed by atoms with E-state index in [9.17, 15) is 13.2 Å². The second kappa shape index (κ2) is 7.09. The number of carbonyl (C=O) groups is 1. The zero-order chi connectivity index (χ0) is 18.9. The molecule has 2 aromatic carbocycles. The van der Waals surface area contributed by atoms with Crippen molar-refractivity contribution in [2.75, 3.05) is 20.6 Å². The Morgan fingerprint density at radius 2 is 1.85 bits per heavy atom. The Kier molecular flexibility index (Phi) is 5.02. The molecule has 0 atom stereocenters. The molecule has 0 unspecified atom stereocenters. The van der Waals surface area contributed by atoms with Crippen LogP contribution in [0.5, 0.6) is 0 Å². The van der Waals surface area contributed by atoms with Crippen molar-refractivity contribution in [2.45, 2.75) is 11.4 Å². The molecule has 1 amide bonds. The molecular weight excluding hydrogens is 374 g/mol. The van der Waals surface area contributed by atoms with Gasteiger partial charge in [-0.25, -0.2) is 0 Å². The smallest absolute Gasteiger partial charge is 0.285 e. The average Bonchev–Trinajstić information content (AvgIpc) is 2.87. The zero-order valence-electron chi connectivity index (χ0n) is 14.4. The van der Waals surface area contributed by atoms with Crippen LogP contribution >= 0.6 is 11.6 Å². The van der Waals surface area contributed by atoms with E-state index in [1.165, 1.54) is 6.07 Å². The fourth-order valence-corrected chi connectivity index (χ4v) is 4.22. The van der Waals surface area contributed by atoms with Crippen molar-refractivity contribution in [1.82, 2.24) is 9.80 Å². The molecule has 1 heterocycles. The number of halogens is 1. The lowest BCUT2D eigenvalue weighted by molar-refractivity contribution is -0.130. The van der Waals surface area contributed by atoms with E-state index < -0.39 is 10.0 Å². The van der Waals surface area contributed by atoms with E-state index in [1.54, 1.807) is 54.2 Å². The molecule has 0 saturated heterocycles. The first-order valence-corrected chi connectivity index (χ1v) is 9.73. The van der Waals surface area contributed by atoms with Crippen LogP contribution in [0.1, 0.15) is 11.1 Å². The SMILES string of the molecule is CN(Cc1cccc(Cl)c1)C(=O)CN(C)C1=NS(=O)(=O)c2ccccc21. The maximum atomic E-state index is 12.5. The molecule has 0 bridgehead atoms. The summed E-state index contributed by atoms with van der Waals surface area (Å²) in [5.41, 5.74) is 1.43. The lowest BCUT2D eigenvalue weighted by Gasteiger charge is -2.23. The summed E-state index contributed by atoms with van der Waals surface area (Å²) in [5, 5.41) is 0.614. The molecule has 26 heavy (non-hydrogen) atoms. The van der Waals surface area contributed by atoms with Crippen molar-refractivity contribution in [1.29, 1.82) is 0 Å². The van der Waals surface area contributed by atoms with Crippen LogP contribution in [-0.2, 0) is 21.4 Å². The molecule has 0 saturated carbocycles. The molecule has 0 radical (unpaired) electrons. The largest absolute Gasteiger partial charge is 0.349 e. The van der Waals surface area contributed by atoms with Gasteiger partial charge in [0.25, 0.3) is 10.0 Å². The molecule has 136 valence electrons. The fourth-order valence-electron chi connectivity index (χ4n) is 2.76. The molecule has 0 spiro atoms. The summed E-state index contributed by atoms with van der Waals surface area (Å²) in [5.74, 6) is 0.127. The quantitative estimate of drug-likeness (QED) is 0.802. The first kappa shape index (κ1) is 18.4. The average molecular weight is 392 g/mol. The third-order valence-corrected chi connectivity index (χ3v) is 5.64. The monoisotopic (exact) mass is 391 g/mol. The number of rotatable bonds is 4. The van der Waals surface area contributed by atoms with E-state index in [0.717, 1.165) is 5.56 Å². The standard InChI is InChI=1S/C18H18ClN3O3S/c1-21(11-13-6-5-7-14(19)10-13)17(23)12-22(2)18-15-8-3-4-9-16(15)26(24,25)20-18/h3-10H,11-12H2,1-2H3.